The molecule has 0 bridgehead atoms. The van der Waals surface area contributed by atoms with Crippen LogP contribution in [-0.2, 0) is 0 Å². The van der Waals surface area contributed by atoms with Crippen LogP contribution in [-0.4, -0.2) is 16.9 Å². The SMILES string of the molecule is BrCCCCOc1ccc(-c2ccccn2)cc1. The van der Waals surface area contributed by atoms with Gasteiger partial charge < -0.3 is 4.74 Å². The van der Waals surface area contributed by atoms with Gasteiger partial charge in [0.25, 0.3) is 0 Å². The first kappa shape index (κ1) is 13.1. The number of halogens is 1. The summed E-state index contributed by atoms with van der Waals surface area (Å²) < 4.78 is 5.66. The molecule has 0 radical (unpaired) electrons. The normalized spacial score (nSPS) is 10.3. The summed E-state index contributed by atoms with van der Waals surface area (Å²) in [6.45, 7) is 0.772. The molecular formula is C15H16BrNO. The molecule has 0 fully saturated rings. The van der Waals surface area contributed by atoms with E-state index in [9.17, 15) is 0 Å². The molecule has 0 unspecified atom stereocenters. The van der Waals surface area contributed by atoms with Gasteiger partial charge in [-0.1, -0.05) is 22.0 Å². The number of ether oxygens (including phenoxy) is 1. The maximum absolute atomic E-state index is 5.66. The Bertz CT molecular complexity index is 456. The summed E-state index contributed by atoms with van der Waals surface area (Å²) in [4.78, 5) is 4.32. The quantitative estimate of drug-likeness (QED) is 0.586. The number of benzene rings is 1. The lowest BCUT2D eigenvalue weighted by Crippen LogP contribution is -1.97. The van der Waals surface area contributed by atoms with E-state index in [0.29, 0.717) is 0 Å². The fraction of sp³-hybridized carbons (Fsp3) is 0.267. The summed E-state index contributed by atoms with van der Waals surface area (Å²) >= 11 is 3.41. The molecule has 0 amide bonds. The van der Waals surface area contributed by atoms with E-state index in [1.807, 2.05) is 42.5 Å². The van der Waals surface area contributed by atoms with Gasteiger partial charge in [0.2, 0.25) is 0 Å². The fourth-order valence-corrected chi connectivity index (χ4v) is 2.04. The Morgan fingerprint density at radius 2 is 1.83 bits per heavy atom. The van der Waals surface area contributed by atoms with E-state index >= 15 is 0 Å². The monoisotopic (exact) mass is 305 g/mol. The smallest absolute Gasteiger partial charge is 0.119 e. The van der Waals surface area contributed by atoms with Gasteiger partial charge in [-0.15, -0.1) is 0 Å². The molecule has 18 heavy (non-hydrogen) atoms. The maximum Gasteiger partial charge on any atom is 0.119 e. The summed E-state index contributed by atoms with van der Waals surface area (Å²) in [6.07, 6.45) is 4.03. The van der Waals surface area contributed by atoms with Gasteiger partial charge in [-0.25, -0.2) is 0 Å². The molecule has 0 N–H and O–H groups in total. The molecule has 3 heteroatoms. The molecule has 2 rings (SSSR count). The molecule has 0 aliphatic heterocycles. The lowest BCUT2D eigenvalue weighted by atomic mass is 10.1. The first-order valence-electron chi connectivity index (χ1n) is 6.10. The molecule has 1 heterocycles. The second kappa shape index (κ2) is 7.17. The zero-order valence-corrected chi connectivity index (χ0v) is 11.8. The number of hydrogen-bond donors (Lipinski definition) is 0. The number of alkyl halides is 1. The molecule has 0 aliphatic rings. The Kier molecular flexibility index (Phi) is 5.21. The second-order valence-corrected chi connectivity index (χ2v) is 4.78. The van der Waals surface area contributed by atoms with Crippen LogP contribution in [0.25, 0.3) is 11.3 Å². The summed E-state index contributed by atoms with van der Waals surface area (Å²) in [6, 6.07) is 14.0. The van der Waals surface area contributed by atoms with Crippen molar-refractivity contribution in [2.75, 3.05) is 11.9 Å². The third-order valence-electron chi connectivity index (χ3n) is 2.61. The molecule has 0 saturated heterocycles. The van der Waals surface area contributed by atoms with Gasteiger partial charge in [0.05, 0.1) is 12.3 Å². The summed E-state index contributed by atoms with van der Waals surface area (Å²) in [5.41, 5.74) is 2.10. The minimum absolute atomic E-state index is 0.772. The second-order valence-electron chi connectivity index (χ2n) is 3.98. The van der Waals surface area contributed by atoms with Crippen molar-refractivity contribution in [2.45, 2.75) is 12.8 Å². The molecule has 1 aromatic carbocycles. The van der Waals surface area contributed by atoms with Crippen molar-refractivity contribution in [3.63, 3.8) is 0 Å². The van der Waals surface area contributed by atoms with Gasteiger partial charge in [-0.2, -0.15) is 0 Å². The van der Waals surface area contributed by atoms with Crippen LogP contribution < -0.4 is 4.74 Å². The van der Waals surface area contributed by atoms with Crippen molar-refractivity contribution >= 4 is 15.9 Å². The van der Waals surface area contributed by atoms with Crippen LogP contribution in [0.4, 0.5) is 0 Å². The molecular weight excluding hydrogens is 290 g/mol. The maximum atomic E-state index is 5.66. The largest absolute Gasteiger partial charge is 0.494 e. The molecule has 0 saturated carbocycles. The predicted octanol–water partition coefficient (Wildman–Crippen LogP) is 4.30. The van der Waals surface area contributed by atoms with Crippen LogP contribution in [0.1, 0.15) is 12.8 Å². The van der Waals surface area contributed by atoms with Crippen LogP contribution in [0.15, 0.2) is 48.7 Å². The van der Waals surface area contributed by atoms with E-state index in [-0.39, 0.29) is 0 Å². The van der Waals surface area contributed by atoms with E-state index in [1.165, 1.54) is 0 Å². The van der Waals surface area contributed by atoms with Crippen molar-refractivity contribution in [3.8, 4) is 17.0 Å². The van der Waals surface area contributed by atoms with E-state index in [0.717, 1.165) is 41.8 Å². The lowest BCUT2D eigenvalue weighted by molar-refractivity contribution is 0.310. The average molecular weight is 306 g/mol. The third-order valence-corrected chi connectivity index (χ3v) is 3.17. The van der Waals surface area contributed by atoms with Crippen LogP contribution >= 0.6 is 15.9 Å². The van der Waals surface area contributed by atoms with Gasteiger partial charge in [-0.3, -0.25) is 4.98 Å². The van der Waals surface area contributed by atoms with Crippen LogP contribution in [0.5, 0.6) is 5.75 Å². The highest BCUT2D eigenvalue weighted by Gasteiger charge is 1.99. The molecule has 2 aromatic rings. The highest BCUT2D eigenvalue weighted by atomic mass is 79.9. The number of rotatable bonds is 6. The van der Waals surface area contributed by atoms with E-state index in [4.69, 9.17) is 4.74 Å². The summed E-state index contributed by atoms with van der Waals surface area (Å²) in [7, 11) is 0. The number of hydrogen-bond acceptors (Lipinski definition) is 2. The molecule has 0 aliphatic carbocycles. The Morgan fingerprint density at radius 3 is 2.50 bits per heavy atom. The molecule has 1 aromatic heterocycles. The van der Waals surface area contributed by atoms with E-state index in [2.05, 4.69) is 20.9 Å². The minimum Gasteiger partial charge on any atom is -0.494 e. The van der Waals surface area contributed by atoms with Crippen LogP contribution in [0.2, 0.25) is 0 Å². The van der Waals surface area contributed by atoms with E-state index in [1.54, 1.807) is 6.20 Å². The van der Waals surface area contributed by atoms with Crippen LogP contribution in [0.3, 0.4) is 0 Å². The number of unbranched alkanes of at least 4 members (excludes halogenated alkanes) is 1. The Labute approximate surface area is 116 Å². The number of nitrogens with zero attached hydrogens (tertiary/aromatic N) is 1. The zero-order valence-electron chi connectivity index (χ0n) is 10.2. The van der Waals surface area contributed by atoms with Crippen molar-refractivity contribution in [2.24, 2.45) is 0 Å². The first-order valence-corrected chi connectivity index (χ1v) is 7.22. The van der Waals surface area contributed by atoms with Crippen molar-refractivity contribution in [1.29, 1.82) is 0 Å². The molecule has 0 spiro atoms. The summed E-state index contributed by atoms with van der Waals surface area (Å²) in [5.74, 6) is 0.921. The van der Waals surface area contributed by atoms with Gasteiger partial charge in [0.1, 0.15) is 5.75 Å². The topological polar surface area (TPSA) is 22.1 Å². The van der Waals surface area contributed by atoms with Crippen LogP contribution in [0, 0.1) is 0 Å². The fourth-order valence-electron chi connectivity index (χ4n) is 1.64. The van der Waals surface area contributed by atoms with Gasteiger partial charge in [-0.05, 0) is 49.2 Å². The number of pyridine rings is 1. The predicted molar refractivity (Wildman–Crippen MR) is 78.2 cm³/mol. The van der Waals surface area contributed by atoms with Gasteiger partial charge >= 0.3 is 0 Å². The highest BCUT2D eigenvalue weighted by molar-refractivity contribution is 9.09. The Balaban J connectivity index is 1.94. The van der Waals surface area contributed by atoms with Crippen molar-refractivity contribution < 1.29 is 4.74 Å². The Morgan fingerprint density at radius 1 is 1.00 bits per heavy atom. The third kappa shape index (κ3) is 3.84. The number of aromatic nitrogens is 1. The Hall–Kier alpha value is -1.35. The van der Waals surface area contributed by atoms with Crippen molar-refractivity contribution in [1.82, 2.24) is 4.98 Å². The zero-order chi connectivity index (χ0) is 12.6. The standard InChI is InChI=1S/C15H16BrNO/c16-10-2-4-12-18-14-8-6-13(7-9-14)15-5-1-3-11-17-15/h1,3,5-9,11H,2,4,10,12H2. The highest BCUT2D eigenvalue weighted by Crippen LogP contribution is 2.20. The average Bonchev–Trinajstić information content (AvgIpc) is 2.45. The van der Waals surface area contributed by atoms with E-state index < -0.39 is 0 Å². The molecule has 0 atom stereocenters. The first-order chi connectivity index (χ1) is 8.90. The van der Waals surface area contributed by atoms with Crippen molar-refractivity contribution in [3.05, 3.63) is 48.7 Å². The lowest BCUT2D eigenvalue weighted by Gasteiger charge is -2.06. The van der Waals surface area contributed by atoms with Gasteiger partial charge in [0.15, 0.2) is 0 Å². The minimum atomic E-state index is 0.772. The van der Waals surface area contributed by atoms with Gasteiger partial charge in [0, 0.05) is 17.1 Å². The molecule has 2 nitrogen and oxygen atoms in total. The summed E-state index contributed by atoms with van der Waals surface area (Å²) in [5, 5.41) is 1.04. The molecule has 94 valence electrons.